The lowest BCUT2D eigenvalue weighted by atomic mass is 9.93. The third-order valence-corrected chi connectivity index (χ3v) is 6.73. The van der Waals surface area contributed by atoms with Gasteiger partial charge in [0.2, 0.25) is 5.91 Å². The number of rotatable bonds is 6. The molecule has 0 aliphatic carbocycles. The molecule has 2 aromatic heterocycles. The summed E-state index contributed by atoms with van der Waals surface area (Å²) in [5.41, 5.74) is 1.47. The Morgan fingerprint density at radius 2 is 2.00 bits per heavy atom. The zero-order valence-electron chi connectivity index (χ0n) is 17.8. The Hall–Kier alpha value is -2.64. The normalized spacial score (nSPS) is 18.8. The van der Waals surface area contributed by atoms with Gasteiger partial charge in [-0.15, -0.1) is 11.3 Å². The predicted octanol–water partition coefficient (Wildman–Crippen LogP) is 4.01. The number of benzene rings is 1. The summed E-state index contributed by atoms with van der Waals surface area (Å²) in [5, 5.41) is 5.98. The zero-order chi connectivity index (χ0) is 21.5. The fourth-order valence-electron chi connectivity index (χ4n) is 4.07. The summed E-state index contributed by atoms with van der Waals surface area (Å²) in [4.78, 5) is 29.7. The number of fused-ring (bicyclic) bond motifs is 3. The maximum Gasteiger partial charge on any atom is 0.275 e. The van der Waals surface area contributed by atoms with E-state index in [2.05, 4.69) is 19.2 Å². The molecule has 1 unspecified atom stereocenters. The highest BCUT2D eigenvalue weighted by molar-refractivity contribution is 7.16. The van der Waals surface area contributed by atoms with Crippen LogP contribution in [0.4, 0.5) is 5.69 Å². The summed E-state index contributed by atoms with van der Waals surface area (Å²) in [6.45, 7) is 7.31. The molecular weight excluding hydrogens is 398 g/mol. The molecule has 1 N–H and O–H groups in total. The maximum absolute atomic E-state index is 13.7. The van der Waals surface area contributed by atoms with Crippen LogP contribution in [-0.4, -0.2) is 42.2 Å². The Labute approximate surface area is 180 Å². The van der Waals surface area contributed by atoms with Crippen LogP contribution in [0.5, 0.6) is 0 Å². The van der Waals surface area contributed by atoms with Gasteiger partial charge in [0.05, 0.1) is 13.2 Å². The first-order valence-electron chi connectivity index (χ1n) is 10.2. The topological polar surface area (TPSA) is 63.6 Å². The number of carbonyl (C=O) groups is 2. The largest absolute Gasteiger partial charge is 0.383 e. The van der Waals surface area contributed by atoms with Gasteiger partial charge in [0.1, 0.15) is 16.1 Å². The van der Waals surface area contributed by atoms with Gasteiger partial charge in [0, 0.05) is 24.7 Å². The van der Waals surface area contributed by atoms with Crippen LogP contribution in [0.3, 0.4) is 0 Å². The van der Waals surface area contributed by atoms with Crippen molar-refractivity contribution in [2.45, 2.75) is 38.8 Å². The molecule has 0 spiro atoms. The van der Waals surface area contributed by atoms with Crippen molar-refractivity contribution in [3.05, 3.63) is 53.0 Å². The van der Waals surface area contributed by atoms with Gasteiger partial charge in [-0.25, -0.2) is 0 Å². The van der Waals surface area contributed by atoms with Crippen molar-refractivity contribution in [3.63, 3.8) is 0 Å². The second-order valence-electron chi connectivity index (χ2n) is 8.21. The van der Waals surface area contributed by atoms with E-state index < -0.39 is 5.54 Å². The van der Waals surface area contributed by atoms with Crippen molar-refractivity contribution in [1.82, 2.24) is 9.88 Å². The highest BCUT2D eigenvalue weighted by Gasteiger charge is 2.48. The van der Waals surface area contributed by atoms with Crippen LogP contribution in [0.2, 0.25) is 0 Å². The lowest BCUT2D eigenvalue weighted by Crippen LogP contribution is -2.64. The minimum atomic E-state index is -1.06. The molecule has 4 rings (SSSR count). The van der Waals surface area contributed by atoms with Crippen LogP contribution >= 0.6 is 11.3 Å². The van der Waals surface area contributed by atoms with E-state index in [1.165, 1.54) is 5.56 Å². The van der Waals surface area contributed by atoms with Gasteiger partial charge >= 0.3 is 0 Å². The lowest BCUT2D eigenvalue weighted by Gasteiger charge is -2.44. The SMILES string of the molecule is COCCNC(=O)C1(C)Cn2c(cc3ccsc32)C(=O)N1c1ccc(C(C)C)cc1. The Kier molecular flexibility index (Phi) is 5.42. The summed E-state index contributed by atoms with van der Waals surface area (Å²) < 4.78 is 7.06. The van der Waals surface area contributed by atoms with Crippen molar-refractivity contribution in [2.75, 3.05) is 25.2 Å². The third kappa shape index (κ3) is 3.32. The van der Waals surface area contributed by atoms with Crippen LogP contribution in [0, 0.1) is 0 Å². The zero-order valence-corrected chi connectivity index (χ0v) is 18.6. The van der Waals surface area contributed by atoms with E-state index >= 15 is 0 Å². The molecule has 30 heavy (non-hydrogen) atoms. The number of ether oxygens (including phenoxy) is 1. The molecule has 0 saturated carbocycles. The fraction of sp³-hybridized carbons (Fsp3) is 0.391. The van der Waals surface area contributed by atoms with Crippen LogP contribution < -0.4 is 10.2 Å². The van der Waals surface area contributed by atoms with E-state index in [0.717, 1.165) is 15.9 Å². The maximum atomic E-state index is 13.7. The first-order chi connectivity index (χ1) is 14.4. The number of nitrogens with zero attached hydrogens (tertiary/aromatic N) is 2. The highest BCUT2D eigenvalue weighted by atomic mass is 32.1. The van der Waals surface area contributed by atoms with E-state index in [9.17, 15) is 9.59 Å². The standard InChI is InChI=1S/C23H27N3O3S/c1-15(2)16-5-7-18(8-6-16)26-20(27)19-13-17-9-12-30-21(17)25(19)14-23(26,3)22(28)24-10-11-29-4/h5-9,12-13,15H,10-11,14H2,1-4H3,(H,24,28). The number of aromatic nitrogens is 1. The van der Waals surface area contributed by atoms with Crippen molar-refractivity contribution < 1.29 is 14.3 Å². The van der Waals surface area contributed by atoms with E-state index in [0.29, 0.717) is 31.3 Å². The molecule has 3 aromatic rings. The van der Waals surface area contributed by atoms with E-state index in [4.69, 9.17) is 4.74 Å². The van der Waals surface area contributed by atoms with Crippen molar-refractivity contribution >= 4 is 39.1 Å². The molecule has 1 aliphatic heterocycles. The number of nitrogens with one attached hydrogen (secondary N) is 1. The van der Waals surface area contributed by atoms with Crippen molar-refractivity contribution in [1.29, 1.82) is 0 Å². The molecule has 0 bridgehead atoms. The molecule has 2 amide bonds. The van der Waals surface area contributed by atoms with Crippen molar-refractivity contribution in [2.24, 2.45) is 0 Å². The molecule has 7 heteroatoms. The summed E-state index contributed by atoms with van der Waals surface area (Å²) in [6.07, 6.45) is 0. The number of amides is 2. The number of carbonyl (C=O) groups excluding carboxylic acids is 2. The van der Waals surface area contributed by atoms with E-state index in [1.54, 1.807) is 23.3 Å². The first kappa shape index (κ1) is 20.6. The molecule has 0 saturated heterocycles. The van der Waals surface area contributed by atoms with E-state index in [-0.39, 0.29) is 11.8 Å². The molecule has 1 aliphatic rings. The number of hydrogen-bond acceptors (Lipinski definition) is 4. The summed E-state index contributed by atoms with van der Waals surface area (Å²) in [6, 6.07) is 11.9. The summed E-state index contributed by atoms with van der Waals surface area (Å²) >= 11 is 1.59. The quantitative estimate of drug-likeness (QED) is 0.607. The number of hydrogen-bond donors (Lipinski definition) is 1. The minimum Gasteiger partial charge on any atom is -0.383 e. The van der Waals surface area contributed by atoms with Gasteiger partial charge in [0.25, 0.3) is 5.91 Å². The molecule has 1 aromatic carbocycles. The van der Waals surface area contributed by atoms with Gasteiger partial charge in [-0.2, -0.15) is 0 Å². The van der Waals surface area contributed by atoms with Gasteiger partial charge in [-0.3, -0.25) is 14.5 Å². The smallest absolute Gasteiger partial charge is 0.275 e. The minimum absolute atomic E-state index is 0.161. The van der Waals surface area contributed by atoms with Gasteiger partial charge in [-0.05, 0) is 48.1 Å². The number of thiophene rings is 1. The second kappa shape index (κ2) is 7.89. The average Bonchev–Trinajstić information content (AvgIpc) is 3.31. The monoisotopic (exact) mass is 425 g/mol. The van der Waals surface area contributed by atoms with Gasteiger partial charge < -0.3 is 14.6 Å². The predicted molar refractivity (Wildman–Crippen MR) is 120 cm³/mol. The van der Waals surface area contributed by atoms with Gasteiger partial charge in [0.15, 0.2) is 0 Å². The molecule has 0 radical (unpaired) electrons. The first-order valence-corrected chi connectivity index (χ1v) is 11.0. The Bertz CT molecular complexity index is 1080. The second-order valence-corrected chi connectivity index (χ2v) is 9.10. The Balaban J connectivity index is 1.80. The average molecular weight is 426 g/mol. The van der Waals surface area contributed by atoms with Crippen LogP contribution in [0.1, 0.15) is 42.7 Å². The third-order valence-electron chi connectivity index (χ3n) is 5.78. The molecule has 3 heterocycles. The highest BCUT2D eigenvalue weighted by Crippen LogP contribution is 2.37. The summed E-state index contributed by atoms with van der Waals surface area (Å²) in [7, 11) is 1.60. The lowest BCUT2D eigenvalue weighted by molar-refractivity contribution is -0.126. The Morgan fingerprint density at radius 3 is 2.67 bits per heavy atom. The molecule has 6 nitrogen and oxygen atoms in total. The van der Waals surface area contributed by atoms with Crippen LogP contribution in [0.15, 0.2) is 41.8 Å². The van der Waals surface area contributed by atoms with E-state index in [1.807, 2.05) is 53.3 Å². The number of methoxy groups -OCH3 is 1. The molecule has 0 fully saturated rings. The van der Waals surface area contributed by atoms with Crippen molar-refractivity contribution in [3.8, 4) is 0 Å². The molecule has 158 valence electrons. The Morgan fingerprint density at radius 1 is 1.27 bits per heavy atom. The molecular formula is C23H27N3O3S. The fourth-order valence-corrected chi connectivity index (χ4v) is 4.96. The number of anilines is 1. The molecule has 1 atom stereocenters. The van der Waals surface area contributed by atoms with Crippen LogP contribution in [-0.2, 0) is 16.1 Å². The van der Waals surface area contributed by atoms with Crippen LogP contribution in [0.25, 0.3) is 10.2 Å². The summed E-state index contributed by atoms with van der Waals surface area (Å²) in [5.74, 6) is 0.0417. The van der Waals surface area contributed by atoms with Gasteiger partial charge in [-0.1, -0.05) is 26.0 Å².